The van der Waals surface area contributed by atoms with E-state index in [0.29, 0.717) is 0 Å². The van der Waals surface area contributed by atoms with Crippen LogP contribution >= 0.6 is 0 Å². The Morgan fingerprint density at radius 3 is 2.36 bits per heavy atom. The van der Waals surface area contributed by atoms with Crippen LogP contribution in [0, 0.1) is 5.92 Å². The van der Waals surface area contributed by atoms with E-state index in [2.05, 4.69) is 14.1 Å². The second-order valence-electron chi connectivity index (χ2n) is 8.82. The van der Waals surface area contributed by atoms with Crippen molar-refractivity contribution in [1.29, 1.82) is 0 Å². The first-order valence-electron chi connectivity index (χ1n) is 9.87. The summed E-state index contributed by atoms with van der Waals surface area (Å²) in [6.07, 6.45) is 11.4. The number of quaternary nitrogens is 2. The van der Waals surface area contributed by atoms with Gasteiger partial charge in [0, 0.05) is 12.3 Å². The number of hydrogen-bond acceptors (Lipinski definition) is 1. The Morgan fingerprint density at radius 2 is 1.55 bits per heavy atom. The lowest BCUT2D eigenvalue weighted by Crippen LogP contribution is -2.61. The fourth-order valence-corrected chi connectivity index (χ4v) is 5.45. The monoisotopic (exact) mass is 310 g/mol. The third-order valence-electron chi connectivity index (χ3n) is 7.01. The van der Waals surface area contributed by atoms with Crippen LogP contribution in [0.3, 0.4) is 0 Å². The number of nitrogens with zero attached hydrogens (tertiary/aromatic N) is 2. The van der Waals surface area contributed by atoms with Crippen LogP contribution < -0.4 is 0 Å². The number of rotatable bonds is 5. The second kappa shape index (κ2) is 7.19. The molecular formula is C19H38N2O+2. The van der Waals surface area contributed by atoms with Gasteiger partial charge >= 0.3 is 0 Å². The third-order valence-corrected chi connectivity index (χ3v) is 7.01. The highest BCUT2D eigenvalue weighted by atomic mass is 16.5. The first-order chi connectivity index (χ1) is 10.6. The van der Waals surface area contributed by atoms with Crippen LogP contribution in [0.5, 0.6) is 0 Å². The maximum Gasteiger partial charge on any atom is 0.102 e. The molecule has 3 atom stereocenters. The van der Waals surface area contributed by atoms with E-state index >= 15 is 0 Å². The van der Waals surface area contributed by atoms with E-state index in [4.69, 9.17) is 4.74 Å². The van der Waals surface area contributed by atoms with Crippen molar-refractivity contribution in [2.75, 3.05) is 60.0 Å². The van der Waals surface area contributed by atoms with E-state index in [1.807, 2.05) is 0 Å². The lowest BCUT2D eigenvalue weighted by Gasteiger charge is -2.51. The van der Waals surface area contributed by atoms with Crippen molar-refractivity contribution in [1.82, 2.24) is 0 Å². The number of likely N-dealkylation sites (N-methyl/N-ethyl adjacent to an activating group) is 1. The minimum atomic E-state index is 0.825. The normalized spacial score (nSPS) is 38.5. The molecule has 0 aromatic heterocycles. The molecule has 128 valence electrons. The zero-order chi connectivity index (χ0) is 15.5. The van der Waals surface area contributed by atoms with E-state index < -0.39 is 0 Å². The van der Waals surface area contributed by atoms with Gasteiger partial charge in [-0.05, 0) is 44.9 Å². The summed E-state index contributed by atoms with van der Waals surface area (Å²) < 4.78 is 8.81. The summed E-state index contributed by atoms with van der Waals surface area (Å²) in [5.74, 6) is 0.825. The number of hydrogen-bond donors (Lipinski definition) is 0. The first kappa shape index (κ1) is 16.7. The molecule has 0 aromatic carbocycles. The summed E-state index contributed by atoms with van der Waals surface area (Å²) in [7, 11) is 4.94. The third kappa shape index (κ3) is 3.85. The number of ether oxygens (including phenoxy) is 1. The topological polar surface area (TPSA) is 9.23 Å². The second-order valence-corrected chi connectivity index (χ2v) is 8.82. The minimum absolute atomic E-state index is 0.825. The van der Waals surface area contributed by atoms with Crippen LogP contribution in [-0.4, -0.2) is 75.0 Å². The largest absolute Gasteiger partial charge is 0.375 e. The van der Waals surface area contributed by atoms with Crippen molar-refractivity contribution in [2.24, 2.45) is 5.92 Å². The van der Waals surface area contributed by atoms with Gasteiger partial charge in [0.05, 0.1) is 59.5 Å². The van der Waals surface area contributed by atoms with Gasteiger partial charge in [0.15, 0.2) is 0 Å². The fourth-order valence-electron chi connectivity index (χ4n) is 5.45. The molecule has 3 heteroatoms. The maximum atomic E-state index is 6.21. The fraction of sp³-hybridized carbons (Fsp3) is 1.00. The molecule has 3 aliphatic rings. The molecule has 3 fully saturated rings. The molecule has 0 saturated carbocycles. The standard InChI is InChI=1S/C19H38N2O/c1-20(11-5-3-6-12-20)15-16-22-17-18-9-8-14-21(2)13-7-4-10-19(18)21/h18-19H,3-17H2,1-2H3/q+2/t18-,19-,21?/m0/s1. The Morgan fingerprint density at radius 1 is 0.818 bits per heavy atom. The van der Waals surface area contributed by atoms with Crippen molar-refractivity contribution < 1.29 is 13.7 Å². The van der Waals surface area contributed by atoms with Crippen LogP contribution in [-0.2, 0) is 4.74 Å². The zero-order valence-electron chi connectivity index (χ0n) is 15.1. The van der Waals surface area contributed by atoms with Gasteiger partial charge in [-0.1, -0.05) is 0 Å². The molecular weight excluding hydrogens is 272 g/mol. The average molecular weight is 311 g/mol. The molecule has 0 amide bonds. The Bertz CT molecular complexity index is 349. The van der Waals surface area contributed by atoms with Crippen LogP contribution in [0.1, 0.15) is 51.4 Å². The minimum Gasteiger partial charge on any atom is -0.375 e. The van der Waals surface area contributed by atoms with Gasteiger partial charge in [-0.2, -0.15) is 0 Å². The van der Waals surface area contributed by atoms with Gasteiger partial charge in [0.25, 0.3) is 0 Å². The molecule has 0 radical (unpaired) electrons. The smallest absolute Gasteiger partial charge is 0.102 e. The van der Waals surface area contributed by atoms with Crippen molar-refractivity contribution in [3.05, 3.63) is 0 Å². The van der Waals surface area contributed by atoms with E-state index in [9.17, 15) is 0 Å². The molecule has 3 rings (SSSR count). The van der Waals surface area contributed by atoms with E-state index in [0.717, 1.165) is 25.2 Å². The summed E-state index contributed by atoms with van der Waals surface area (Å²) in [6.45, 7) is 8.78. The molecule has 1 unspecified atom stereocenters. The van der Waals surface area contributed by atoms with Crippen molar-refractivity contribution in [3.8, 4) is 0 Å². The highest BCUT2D eigenvalue weighted by molar-refractivity contribution is 4.78. The molecule has 0 bridgehead atoms. The highest BCUT2D eigenvalue weighted by Crippen LogP contribution is 2.36. The molecule has 0 aliphatic carbocycles. The summed E-state index contributed by atoms with van der Waals surface area (Å²) in [4.78, 5) is 0. The van der Waals surface area contributed by atoms with Crippen molar-refractivity contribution in [3.63, 3.8) is 0 Å². The summed E-state index contributed by atoms with van der Waals surface area (Å²) in [5.41, 5.74) is 0. The molecule has 3 nitrogen and oxygen atoms in total. The molecule has 0 spiro atoms. The van der Waals surface area contributed by atoms with Gasteiger partial charge in [0.2, 0.25) is 0 Å². The SMILES string of the molecule is C[N+]1(CCOC[C@@H]2CCC[N+]3(C)CCCC[C@@H]23)CCCCC1. The predicted octanol–water partition coefficient (Wildman–Crippen LogP) is 3.04. The zero-order valence-corrected chi connectivity index (χ0v) is 15.1. The molecule has 22 heavy (non-hydrogen) atoms. The Labute approximate surface area is 137 Å². The van der Waals surface area contributed by atoms with Gasteiger partial charge in [-0.3, -0.25) is 0 Å². The van der Waals surface area contributed by atoms with Gasteiger partial charge in [-0.25, -0.2) is 0 Å². The van der Waals surface area contributed by atoms with Crippen LogP contribution in [0.15, 0.2) is 0 Å². The van der Waals surface area contributed by atoms with E-state index in [-0.39, 0.29) is 0 Å². The summed E-state index contributed by atoms with van der Waals surface area (Å²) >= 11 is 0. The molecule has 3 aliphatic heterocycles. The molecule has 0 N–H and O–H groups in total. The van der Waals surface area contributed by atoms with E-state index in [1.165, 1.54) is 93.1 Å². The quantitative estimate of drug-likeness (QED) is 0.560. The van der Waals surface area contributed by atoms with E-state index in [1.54, 1.807) is 0 Å². The summed E-state index contributed by atoms with van der Waals surface area (Å²) in [6, 6.07) is 0.891. The van der Waals surface area contributed by atoms with Gasteiger partial charge < -0.3 is 13.7 Å². The van der Waals surface area contributed by atoms with Gasteiger partial charge in [0.1, 0.15) is 6.54 Å². The Hall–Kier alpha value is -0.120. The molecule has 3 heterocycles. The predicted molar refractivity (Wildman–Crippen MR) is 91.7 cm³/mol. The number of piperidine rings is 3. The lowest BCUT2D eigenvalue weighted by atomic mass is 9.82. The maximum absolute atomic E-state index is 6.21. The number of likely N-dealkylation sites (tertiary alicyclic amines) is 1. The van der Waals surface area contributed by atoms with Crippen molar-refractivity contribution >= 4 is 0 Å². The summed E-state index contributed by atoms with van der Waals surface area (Å²) in [5, 5.41) is 0. The lowest BCUT2D eigenvalue weighted by molar-refractivity contribution is -0.947. The average Bonchev–Trinajstić information content (AvgIpc) is 2.51. The van der Waals surface area contributed by atoms with Crippen LogP contribution in [0.4, 0.5) is 0 Å². The van der Waals surface area contributed by atoms with Crippen molar-refractivity contribution in [2.45, 2.75) is 57.4 Å². The molecule has 0 aromatic rings. The van der Waals surface area contributed by atoms with Crippen LogP contribution in [0.2, 0.25) is 0 Å². The Kier molecular flexibility index (Phi) is 5.47. The molecule has 3 saturated heterocycles. The first-order valence-corrected chi connectivity index (χ1v) is 9.87. The highest BCUT2D eigenvalue weighted by Gasteiger charge is 2.43. The van der Waals surface area contributed by atoms with Gasteiger partial charge in [-0.15, -0.1) is 0 Å². The number of fused-ring (bicyclic) bond motifs is 1. The Balaban J connectivity index is 1.43. The van der Waals surface area contributed by atoms with Crippen LogP contribution in [0.25, 0.3) is 0 Å².